The lowest BCUT2D eigenvalue weighted by molar-refractivity contribution is -0.127. The number of carbonyl (C=O) groups is 2. The summed E-state index contributed by atoms with van der Waals surface area (Å²) in [5.41, 5.74) is 1.93. The number of urea groups is 1. The van der Waals surface area contributed by atoms with Crippen LogP contribution < -0.4 is 5.32 Å². The van der Waals surface area contributed by atoms with Crippen molar-refractivity contribution in [3.63, 3.8) is 0 Å². The molecule has 0 saturated carbocycles. The van der Waals surface area contributed by atoms with E-state index in [-0.39, 0.29) is 24.0 Å². The molecule has 1 fully saturated rings. The first-order chi connectivity index (χ1) is 10.2. The topological polar surface area (TPSA) is 49.4 Å². The molecule has 0 aliphatic carbocycles. The SMILES string of the molecule is CC(=O)N1C(=O)N[C@H](c2ccccc2)[C@H]1c1ccccc1. The predicted molar refractivity (Wildman–Crippen MR) is 79.4 cm³/mol. The molecule has 2 aromatic rings. The Bertz CT molecular complexity index is 655. The summed E-state index contributed by atoms with van der Waals surface area (Å²) < 4.78 is 0. The average Bonchev–Trinajstić information content (AvgIpc) is 2.86. The van der Waals surface area contributed by atoms with Gasteiger partial charge in [0.2, 0.25) is 5.91 Å². The van der Waals surface area contributed by atoms with Gasteiger partial charge in [-0.15, -0.1) is 0 Å². The Hall–Kier alpha value is -2.62. The maximum atomic E-state index is 12.2. The van der Waals surface area contributed by atoms with Gasteiger partial charge in [-0.2, -0.15) is 0 Å². The average molecular weight is 280 g/mol. The van der Waals surface area contributed by atoms with E-state index in [4.69, 9.17) is 0 Å². The maximum Gasteiger partial charge on any atom is 0.325 e. The fourth-order valence-corrected chi connectivity index (χ4v) is 2.81. The van der Waals surface area contributed by atoms with Gasteiger partial charge >= 0.3 is 6.03 Å². The third kappa shape index (κ3) is 2.40. The van der Waals surface area contributed by atoms with Crippen molar-refractivity contribution in [2.75, 3.05) is 0 Å². The number of amides is 3. The normalized spacial score (nSPS) is 21.2. The van der Waals surface area contributed by atoms with E-state index in [9.17, 15) is 9.59 Å². The first-order valence-corrected chi connectivity index (χ1v) is 6.88. The number of carbonyl (C=O) groups excluding carboxylic acids is 2. The molecule has 0 spiro atoms. The van der Waals surface area contributed by atoms with Crippen LogP contribution in [-0.2, 0) is 4.79 Å². The van der Waals surface area contributed by atoms with Crippen molar-refractivity contribution >= 4 is 11.9 Å². The Morgan fingerprint density at radius 3 is 2.00 bits per heavy atom. The molecule has 21 heavy (non-hydrogen) atoms. The van der Waals surface area contributed by atoms with Crippen molar-refractivity contribution in [1.29, 1.82) is 0 Å². The van der Waals surface area contributed by atoms with Gasteiger partial charge in [-0.25, -0.2) is 4.79 Å². The third-order valence-electron chi connectivity index (χ3n) is 3.73. The van der Waals surface area contributed by atoms with Gasteiger partial charge in [0.1, 0.15) is 0 Å². The molecule has 1 aliphatic rings. The van der Waals surface area contributed by atoms with Crippen LogP contribution in [-0.4, -0.2) is 16.8 Å². The summed E-state index contributed by atoms with van der Waals surface area (Å²) in [6.07, 6.45) is 0. The highest BCUT2D eigenvalue weighted by molar-refractivity contribution is 5.96. The number of rotatable bonds is 2. The van der Waals surface area contributed by atoms with Crippen molar-refractivity contribution < 1.29 is 9.59 Å². The standard InChI is InChI=1S/C17H16N2O2/c1-12(20)19-16(14-10-6-3-7-11-14)15(18-17(19)21)13-8-4-2-5-9-13/h2-11,15-16H,1H3,(H,18,21)/t15-,16-/m1/s1. The minimum Gasteiger partial charge on any atom is -0.328 e. The Kier molecular flexibility index (Phi) is 3.44. The summed E-state index contributed by atoms with van der Waals surface area (Å²) in [5, 5.41) is 2.92. The van der Waals surface area contributed by atoms with Crippen LogP contribution in [0.25, 0.3) is 0 Å². The first kappa shape index (κ1) is 13.4. The van der Waals surface area contributed by atoms with E-state index in [0.717, 1.165) is 11.1 Å². The van der Waals surface area contributed by atoms with Gasteiger partial charge in [-0.3, -0.25) is 9.69 Å². The summed E-state index contributed by atoms with van der Waals surface area (Å²) in [4.78, 5) is 25.4. The lowest BCUT2D eigenvalue weighted by atomic mass is 9.94. The molecule has 106 valence electrons. The Labute approximate surface area is 123 Å². The number of imide groups is 1. The van der Waals surface area contributed by atoms with Crippen LogP contribution in [0.15, 0.2) is 60.7 Å². The van der Waals surface area contributed by atoms with Crippen LogP contribution in [0.4, 0.5) is 4.79 Å². The first-order valence-electron chi connectivity index (χ1n) is 6.88. The molecular formula is C17H16N2O2. The Morgan fingerprint density at radius 2 is 1.48 bits per heavy atom. The smallest absolute Gasteiger partial charge is 0.325 e. The minimum absolute atomic E-state index is 0.231. The molecule has 1 saturated heterocycles. The molecule has 2 aromatic carbocycles. The lowest BCUT2D eigenvalue weighted by Crippen LogP contribution is -2.33. The number of hydrogen-bond acceptors (Lipinski definition) is 2. The van der Waals surface area contributed by atoms with E-state index >= 15 is 0 Å². The molecule has 2 atom stereocenters. The molecule has 3 amide bonds. The van der Waals surface area contributed by atoms with Crippen molar-refractivity contribution in [2.45, 2.75) is 19.0 Å². The zero-order chi connectivity index (χ0) is 14.8. The van der Waals surface area contributed by atoms with Crippen molar-refractivity contribution in [3.05, 3.63) is 71.8 Å². The predicted octanol–water partition coefficient (Wildman–Crippen LogP) is 3.04. The summed E-state index contributed by atoms with van der Waals surface area (Å²) in [7, 11) is 0. The summed E-state index contributed by atoms with van der Waals surface area (Å²) >= 11 is 0. The van der Waals surface area contributed by atoms with Gasteiger partial charge in [0, 0.05) is 6.92 Å². The van der Waals surface area contributed by atoms with Crippen LogP contribution in [0.5, 0.6) is 0 Å². The molecule has 0 radical (unpaired) electrons. The molecule has 0 unspecified atom stereocenters. The second kappa shape index (κ2) is 5.40. The monoisotopic (exact) mass is 280 g/mol. The zero-order valence-electron chi connectivity index (χ0n) is 11.7. The van der Waals surface area contributed by atoms with E-state index in [1.807, 2.05) is 60.7 Å². The van der Waals surface area contributed by atoms with Crippen LogP contribution in [0.2, 0.25) is 0 Å². The molecule has 1 aliphatic heterocycles. The van der Waals surface area contributed by atoms with Gasteiger partial charge < -0.3 is 5.32 Å². The molecule has 3 rings (SSSR count). The minimum atomic E-state index is -0.342. The lowest BCUT2D eigenvalue weighted by Gasteiger charge is -2.24. The van der Waals surface area contributed by atoms with E-state index in [1.165, 1.54) is 11.8 Å². The summed E-state index contributed by atoms with van der Waals surface area (Å²) in [6, 6.07) is 18.5. The molecule has 1 heterocycles. The van der Waals surface area contributed by atoms with Gasteiger partial charge in [0.15, 0.2) is 0 Å². The third-order valence-corrected chi connectivity index (χ3v) is 3.73. The molecule has 4 heteroatoms. The number of nitrogens with one attached hydrogen (secondary N) is 1. The number of nitrogens with zero attached hydrogens (tertiary/aromatic N) is 1. The fraction of sp³-hybridized carbons (Fsp3) is 0.176. The van der Waals surface area contributed by atoms with Gasteiger partial charge in [-0.05, 0) is 11.1 Å². The van der Waals surface area contributed by atoms with Crippen molar-refractivity contribution in [2.24, 2.45) is 0 Å². The fourth-order valence-electron chi connectivity index (χ4n) is 2.81. The van der Waals surface area contributed by atoms with Gasteiger partial charge in [-0.1, -0.05) is 60.7 Å². The van der Waals surface area contributed by atoms with Crippen LogP contribution in [0.1, 0.15) is 30.1 Å². The number of hydrogen-bond donors (Lipinski definition) is 1. The second-order valence-corrected chi connectivity index (χ2v) is 5.08. The molecule has 0 bridgehead atoms. The van der Waals surface area contributed by atoms with E-state index in [0.29, 0.717) is 0 Å². The summed E-state index contributed by atoms with van der Waals surface area (Å²) in [6.45, 7) is 1.42. The van der Waals surface area contributed by atoms with Crippen LogP contribution in [0.3, 0.4) is 0 Å². The van der Waals surface area contributed by atoms with E-state index in [2.05, 4.69) is 5.32 Å². The summed E-state index contributed by atoms with van der Waals surface area (Å²) in [5.74, 6) is -0.250. The molecule has 0 aromatic heterocycles. The van der Waals surface area contributed by atoms with Crippen LogP contribution >= 0.6 is 0 Å². The number of benzene rings is 2. The van der Waals surface area contributed by atoms with Gasteiger partial charge in [0.25, 0.3) is 0 Å². The van der Waals surface area contributed by atoms with E-state index < -0.39 is 0 Å². The van der Waals surface area contributed by atoms with Crippen molar-refractivity contribution in [3.8, 4) is 0 Å². The Balaban J connectivity index is 2.07. The largest absolute Gasteiger partial charge is 0.328 e. The molecule has 4 nitrogen and oxygen atoms in total. The highest BCUT2D eigenvalue weighted by Crippen LogP contribution is 2.38. The maximum absolute atomic E-state index is 12.2. The highest BCUT2D eigenvalue weighted by atomic mass is 16.2. The van der Waals surface area contributed by atoms with Gasteiger partial charge in [0.05, 0.1) is 12.1 Å². The van der Waals surface area contributed by atoms with E-state index in [1.54, 1.807) is 0 Å². The highest BCUT2D eigenvalue weighted by Gasteiger charge is 2.43. The zero-order valence-corrected chi connectivity index (χ0v) is 11.7. The Morgan fingerprint density at radius 1 is 0.952 bits per heavy atom. The second-order valence-electron chi connectivity index (χ2n) is 5.08. The molecule has 1 N–H and O–H groups in total. The quantitative estimate of drug-likeness (QED) is 0.919. The molecular weight excluding hydrogens is 264 g/mol. The van der Waals surface area contributed by atoms with Crippen molar-refractivity contribution in [1.82, 2.24) is 10.2 Å². The van der Waals surface area contributed by atoms with Crippen LogP contribution in [0, 0.1) is 0 Å².